The summed E-state index contributed by atoms with van der Waals surface area (Å²) in [6.45, 7) is 5.66. The molecule has 0 saturated carbocycles. The summed E-state index contributed by atoms with van der Waals surface area (Å²) in [7, 11) is 1.59. The van der Waals surface area contributed by atoms with Crippen LogP contribution in [0.25, 0.3) is 0 Å². The summed E-state index contributed by atoms with van der Waals surface area (Å²) >= 11 is 0. The van der Waals surface area contributed by atoms with E-state index in [9.17, 15) is 9.59 Å². The molecule has 27 heavy (non-hydrogen) atoms. The first kappa shape index (κ1) is 20.2. The van der Waals surface area contributed by atoms with Gasteiger partial charge in [-0.2, -0.15) is 5.10 Å². The van der Waals surface area contributed by atoms with Crippen molar-refractivity contribution in [3.05, 3.63) is 59.2 Å². The van der Waals surface area contributed by atoms with Crippen molar-refractivity contribution < 1.29 is 14.3 Å². The second-order valence-electron chi connectivity index (χ2n) is 6.51. The molecule has 2 N–H and O–H groups in total. The van der Waals surface area contributed by atoms with Gasteiger partial charge in [0.25, 0.3) is 0 Å². The number of rotatable bonds is 7. The number of carbonyl (C=O) groups excluding carboxylic acids is 2. The number of carbonyl (C=O) groups is 2. The lowest BCUT2D eigenvalue weighted by molar-refractivity contribution is -0.120. The lowest BCUT2D eigenvalue weighted by Crippen LogP contribution is -2.22. The second-order valence-corrected chi connectivity index (χ2v) is 6.51. The summed E-state index contributed by atoms with van der Waals surface area (Å²) in [4.78, 5) is 24.1. The first-order chi connectivity index (χ1) is 12.9. The highest BCUT2D eigenvalue weighted by Crippen LogP contribution is 2.14. The molecule has 0 atom stereocenters. The molecule has 2 aromatic rings. The van der Waals surface area contributed by atoms with Crippen molar-refractivity contribution in [2.45, 2.75) is 33.6 Å². The van der Waals surface area contributed by atoms with Crippen LogP contribution in [0.3, 0.4) is 0 Å². The predicted molar refractivity (Wildman–Crippen MR) is 107 cm³/mol. The molecule has 0 unspecified atom stereocenters. The van der Waals surface area contributed by atoms with E-state index in [0.717, 1.165) is 28.1 Å². The standard InChI is InChI=1S/C21H25N3O3/c1-14-9-15(2)11-18(10-14)22-20(25)12-16(3)23-24-21(26)13-17-5-7-19(27-4)8-6-17/h5-11H,12-13H2,1-4H3,(H,22,25)(H,24,26)/b23-16+. The maximum absolute atomic E-state index is 12.1. The van der Waals surface area contributed by atoms with Crippen LogP contribution in [0.1, 0.15) is 30.0 Å². The van der Waals surface area contributed by atoms with Crippen molar-refractivity contribution in [3.8, 4) is 5.75 Å². The minimum absolute atomic E-state index is 0.107. The van der Waals surface area contributed by atoms with Crippen LogP contribution < -0.4 is 15.5 Å². The van der Waals surface area contributed by atoms with Crippen LogP contribution in [-0.4, -0.2) is 24.6 Å². The maximum Gasteiger partial charge on any atom is 0.244 e. The van der Waals surface area contributed by atoms with E-state index >= 15 is 0 Å². The SMILES string of the molecule is COc1ccc(CC(=O)N/N=C(\C)CC(=O)Nc2cc(C)cc(C)c2)cc1. The van der Waals surface area contributed by atoms with Crippen LogP contribution in [0.5, 0.6) is 5.75 Å². The molecule has 0 heterocycles. The molecule has 2 amide bonds. The van der Waals surface area contributed by atoms with Crippen LogP contribution in [0, 0.1) is 13.8 Å². The number of hydrogen-bond acceptors (Lipinski definition) is 4. The molecular formula is C21H25N3O3. The third-order valence-corrected chi connectivity index (χ3v) is 3.82. The molecule has 0 aromatic heterocycles. The molecule has 0 aliphatic heterocycles. The molecule has 0 radical (unpaired) electrons. The Hall–Kier alpha value is -3.15. The van der Waals surface area contributed by atoms with Crippen LogP contribution in [0.2, 0.25) is 0 Å². The number of aryl methyl sites for hydroxylation is 2. The predicted octanol–water partition coefficient (Wildman–Crippen LogP) is 3.38. The van der Waals surface area contributed by atoms with Gasteiger partial charge >= 0.3 is 0 Å². The van der Waals surface area contributed by atoms with Crippen molar-refractivity contribution in [1.29, 1.82) is 0 Å². The number of benzene rings is 2. The molecule has 0 saturated heterocycles. The fourth-order valence-corrected chi connectivity index (χ4v) is 2.65. The van der Waals surface area contributed by atoms with Crippen LogP contribution in [-0.2, 0) is 16.0 Å². The van der Waals surface area contributed by atoms with Crippen LogP contribution in [0.4, 0.5) is 5.69 Å². The van der Waals surface area contributed by atoms with Gasteiger partial charge in [0.1, 0.15) is 5.75 Å². The monoisotopic (exact) mass is 367 g/mol. The lowest BCUT2D eigenvalue weighted by atomic mass is 10.1. The van der Waals surface area contributed by atoms with Crippen molar-refractivity contribution in [2.75, 3.05) is 12.4 Å². The van der Waals surface area contributed by atoms with E-state index in [1.807, 2.05) is 44.2 Å². The number of hydrazone groups is 1. The van der Waals surface area contributed by atoms with E-state index in [2.05, 4.69) is 15.8 Å². The first-order valence-corrected chi connectivity index (χ1v) is 8.69. The molecule has 0 fully saturated rings. The minimum Gasteiger partial charge on any atom is -0.497 e. The minimum atomic E-state index is -0.241. The van der Waals surface area contributed by atoms with Crippen LogP contribution in [0.15, 0.2) is 47.6 Å². The molecule has 0 spiro atoms. The molecule has 142 valence electrons. The van der Waals surface area contributed by atoms with Crippen molar-refractivity contribution in [2.24, 2.45) is 5.10 Å². The van der Waals surface area contributed by atoms with Crippen LogP contribution >= 0.6 is 0 Å². The topological polar surface area (TPSA) is 79.8 Å². The first-order valence-electron chi connectivity index (χ1n) is 8.69. The molecule has 0 aliphatic rings. The lowest BCUT2D eigenvalue weighted by Gasteiger charge is -2.08. The van der Waals surface area contributed by atoms with E-state index in [4.69, 9.17) is 4.74 Å². The normalized spacial score (nSPS) is 11.0. The van der Waals surface area contributed by atoms with Crippen molar-refractivity contribution in [1.82, 2.24) is 5.43 Å². The van der Waals surface area contributed by atoms with E-state index in [1.54, 1.807) is 26.2 Å². The molecule has 0 bridgehead atoms. The van der Waals surface area contributed by atoms with Crippen molar-refractivity contribution >= 4 is 23.2 Å². The molecular weight excluding hydrogens is 342 g/mol. The fraction of sp³-hybridized carbons (Fsp3) is 0.286. The van der Waals surface area contributed by atoms with Gasteiger partial charge in [0.15, 0.2) is 0 Å². The largest absolute Gasteiger partial charge is 0.497 e. The maximum atomic E-state index is 12.1. The molecule has 0 aliphatic carbocycles. The Balaban J connectivity index is 1.83. The van der Waals surface area contributed by atoms with Gasteiger partial charge in [-0.25, -0.2) is 5.43 Å². The number of ether oxygens (including phenoxy) is 1. The van der Waals surface area contributed by atoms with Gasteiger partial charge in [0.05, 0.1) is 20.0 Å². The fourth-order valence-electron chi connectivity index (χ4n) is 2.65. The van der Waals surface area contributed by atoms with Gasteiger partial charge in [-0.3, -0.25) is 9.59 Å². The summed E-state index contributed by atoms with van der Waals surface area (Å²) in [5.41, 5.74) is 6.80. The summed E-state index contributed by atoms with van der Waals surface area (Å²) in [6, 6.07) is 13.1. The average molecular weight is 367 g/mol. The van der Waals surface area contributed by atoms with Gasteiger partial charge in [-0.15, -0.1) is 0 Å². The Morgan fingerprint density at radius 1 is 1.00 bits per heavy atom. The Kier molecular flexibility index (Phi) is 7.11. The van der Waals surface area contributed by atoms with Gasteiger partial charge in [-0.1, -0.05) is 18.2 Å². The zero-order chi connectivity index (χ0) is 19.8. The summed E-state index contributed by atoms with van der Waals surface area (Å²) in [5.74, 6) is 0.322. The zero-order valence-corrected chi connectivity index (χ0v) is 16.1. The van der Waals surface area contributed by atoms with Gasteiger partial charge in [0.2, 0.25) is 11.8 Å². The third-order valence-electron chi connectivity index (χ3n) is 3.82. The van der Waals surface area contributed by atoms with Gasteiger partial charge < -0.3 is 10.1 Å². The highest BCUT2D eigenvalue weighted by molar-refractivity contribution is 6.05. The Bertz CT molecular complexity index is 822. The quantitative estimate of drug-likeness (QED) is 0.582. The highest BCUT2D eigenvalue weighted by atomic mass is 16.5. The number of nitrogens with zero attached hydrogens (tertiary/aromatic N) is 1. The summed E-state index contributed by atoms with van der Waals surface area (Å²) in [5, 5.41) is 6.85. The van der Waals surface area contributed by atoms with Gasteiger partial charge in [0, 0.05) is 11.4 Å². The molecule has 6 nitrogen and oxygen atoms in total. The number of anilines is 1. The van der Waals surface area contributed by atoms with E-state index in [-0.39, 0.29) is 24.7 Å². The number of nitrogens with one attached hydrogen (secondary N) is 2. The Morgan fingerprint density at radius 3 is 2.22 bits per heavy atom. The second kappa shape index (κ2) is 9.52. The van der Waals surface area contributed by atoms with E-state index in [1.165, 1.54) is 0 Å². The molecule has 6 heteroatoms. The summed E-state index contributed by atoms with van der Waals surface area (Å²) < 4.78 is 5.09. The molecule has 2 rings (SSSR count). The summed E-state index contributed by atoms with van der Waals surface area (Å²) in [6.07, 6.45) is 0.311. The molecule has 2 aromatic carbocycles. The Labute approximate surface area is 159 Å². The zero-order valence-electron chi connectivity index (χ0n) is 16.1. The third kappa shape index (κ3) is 6.93. The Morgan fingerprint density at radius 2 is 1.63 bits per heavy atom. The van der Waals surface area contributed by atoms with E-state index in [0.29, 0.717) is 5.71 Å². The highest BCUT2D eigenvalue weighted by Gasteiger charge is 2.07. The van der Waals surface area contributed by atoms with Crippen molar-refractivity contribution in [3.63, 3.8) is 0 Å². The van der Waals surface area contributed by atoms with E-state index < -0.39 is 0 Å². The number of methoxy groups -OCH3 is 1. The average Bonchev–Trinajstić information content (AvgIpc) is 2.59. The smallest absolute Gasteiger partial charge is 0.244 e. The number of amides is 2. The van der Waals surface area contributed by atoms with Gasteiger partial charge in [-0.05, 0) is 61.7 Å². The number of hydrogen-bond donors (Lipinski definition) is 2.